The summed E-state index contributed by atoms with van der Waals surface area (Å²) in [6.07, 6.45) is 3.63. The van der Waals surface area contributed by atoms with E-state index in [0.717, 1.165) is 29.2 Å². The van der Waals surface area contributed by atoms with E-state index < -0.39 is 0 Å². The molecule has 2 N–H and O–H groups in total. The molecular formula is C13H16N2OS. The zero-order valence-corrected chi connectivity index (χ0v) is 10.5. The van der Waals surface area contributed by atoms with E-state index in [1.807, 2.05) is 6.07 Å². The number of thioether (sulfide) groups is 1. The van der Waals surface area contributed by atoms with E-state index in [4.69, 9.17) is 0 Å². The fraction of sp³-hybridized carbons (Fsp3) is 0.462. The maximum atomic E-state index is 9.41. The van der Waals surface area contributed by atoms with Crippen LogP contribution in [0, 0.1) is 5.92 Å². The van der Waals surface area contributed by atoms with Crippen LogP contribution in [0.3, 0.4) is 0 Å². The molecule has 1 aromatic carbocycles. The summed E-state index contributed by atoms with van der Waals surface area (Å²) in [4.78, 5) is 7.88. The largest absolute Gasteiger partial charge is 0.508 e. The van der Waals surface area contributed by atoms with E-state index in [1.165, 1.54) is 24.3 Å². The van der Waals surface area contributed by atoms with Crippen LogP contribution in [-0.4, -0.2) is 26.6 Å². The molecular weight excluding hydrogens is 232 g/mol. The summed E-state index contributed by atoms with van der Waals surface area (Å²) in [5.41, 5.74) is 1.88. The first kappa shape index (κ1) is 11.0. The number of hydrogen-bond donors (Lipinski definition) is 2. The second kappa shape index (κ2) is 4.61. The smallest absolute Gasteiger partial charge is 0.117 e. The van der Waals surface area contributed by atoms with Crippen LogP contribution in [0.5, 0.6) is 5.75 Å². The minimum Gasteiger partial charge on any atom is -0.508 e. The summed E-state index contributed by atoms with van der Waals surface area (Å²) < 4.78 is 0. The van der Waals surface area contributed by atoms with Gasteiger partial charge in [0, 0.05) is 12.5 Å². The van der Waals surface area contributed by atoms with Gasteiger partial charge in [0.2, 0.25) is 0 Å². The predicted molar refractivity (Wildman–Crippen MR) is 71.5 cm³/mol. The Hall–Kier alpha value is -1.16. The summed E-state index contributed by atoms with van der Waals surface area (Å²) in [6, 6.07) is 5.29. The van der Waals surface area contributed by atoms with E-state index in [2.05, 4.69) is 21.7 Å². The second-order valence-corrected chi connectivity index (χ2v) is 5.87. The molecule has 4 heteroatoms. The number of aromatic nitrogens is 2. The van der Waals surface area contributed by atoms with E-state index in [9.17, 15) is 5.11 Å². The molecule has 0 unspecified atom stereocenters. The molecule has 0 radical (unpaired) electrons. The van der Waals surface area contributed by atoms with Gasteiger partial charge in [-0.3, -0.25) is 0 Å². The number of rotatable bonds is 2. The molecule has 17 heavy (non-hydrogen) atoms. The zero-order chi connectivity index (χ0) is 11.7. The molecule has 0 saturated carbocycles. The SMILES string of the molecule is Oc1ccc2nc(CC3CCSCC3)[nH]c2c1. The average Bonchev–Trinajstić information content (AvgIpc) is 2.71. The van der Waals surface area contributed by atoms with Gasteiger partial charge in [-0.1, -0.05) is 0 Å². The van der Waals surface area contributed by atoms with Crippen molar-refractivity contribution in [2.75, 3.05) is 11.5 Å². The van der Waals surface area contributed by atoms with Crippen molar-refractivity contribution in [3.8, 4) is 5.75 Å². The molecule has 0 bridgehead atoms. The number of H-pyrrole nitrogens is 1. The summed E-state index contributed by atoms with van der Waals surface area (Å²) in [7, 11) is 0. The van der Waals surface area contributed by atoms with Gasteiger partial charge >= 0.3 is 0 Å². The molecule has 90 valence electrons. The third kappa shape index (κ3) is 2.41. The summed E-state index contributed by atoms with van der Waals surface area (Å²) in [6.45, 7) is 0. The van der Waals surface area contributed by atoms with Crippen LogP contribution in [0.2, 0.25) is 0 Å². The number of imidazole rings is 1. The van der Waals surface area contributed by atoms with Gasteiger partial charge in [-0.05, 0) is 42.4 Å². The van der Waals surface area contributed by atoms with Gasteiger partial charge in [0.25, 0.3) is 0 Å². The first-order valence-electron chi connectivity index (χ1n) is 6.06. The van der Waals surface area contributed by atoms with Gasteiger partial charge in [0.1, 0.15) is 11.6 Å². The normalized spacial score (nSPS) is 17.6. The highest BCUT2D eigenvalue weighted by atomic mass is 32.2. The highest BCUT2D eigenvalue weighted by Gasteiger charge is 2.16. The number of phenolic OH excluding ortho intramolecular Hbond substituents is 1. The van der Waals surface area contributed by atoms with Crippen molar-refractivity contribution in [1.29, 1.82) is 0 Å². The third-order valence-corrected chi connectivity index (χ3v) is 4.39. The Morgan fingerprint density at radius 1 is 1.35 bits per heavy atom. The van der Waals surface area contributed by atoms with Gasteiger partial charge < -0.3 is 10.1 Å². The lowest BCUT2D eigenvalue weighted by Gasteiger charge is -2.19. The predicted octanol–water partition coefficient (Wildman–Crippen LogP) is 2.95. The highest BCUT2D eigenvalue weighted by molar-refractivity contribution is 7.99. The molecule has 3 nitrogen and oxygen atoms in total. The second-order valence-electron chi connectivity index (χ2n) is 4.64. The number of fused-ring (bicyclic) bond motifs is 1. The highest BCUT2D eigenvalue weighted by Crippen LogP contribution is 2.26. The standard InChI is InChI=1S/C13H16N2OS/c16-10-1-2-11-12(8-10)15-13(14-11)7-9-3-5-17-6-4-9/h1-2,8-9,16H,3-7H2,(H,14,15). The third-order valence-electron chi connectivity index (χ3n) is 3.34. The van der Waals surface area contributed by atoms with Crippen LogP contribution in [0.25, 0.3) is 11.0 Å². The van der Waals surface area contributed by atoms with Crippen LogP contribution in [0.15, 0.2) is 18.2 Å². The Labute approximate surface area is 105 Å². The number of benzene rings is 1. The zero-order valence-electron chi connectivity index (χ0n) is 9.65. The van der Waals surface area contributed by atoms with Gasteiger partial charge in [-0.2, -0.15) is 11.8 Å². The van der Waals surface area contributed by atoms with Gasteiger partial charge in [-0.25, -0.2) is 4.98 Å². The quantitative estimate of drug-likeness (QED) is 0.859. The van der Waals surface area contributed by atoms with Crippen LogP contribution in [-0.2, 0) is 6.42 Å². The lowest BCUT2D eigenvalue weighted by Crippen LogP contribution is -2.12. The Kier molecular flexibility index (Phi) is 2.97. The van der Waals surface area contributed by atoms with Crippen molar-refractivity contribution in [2.24, 2.45) is 5.92 Å². The molecule has 1 saturated heterocycles. The van der Waals surface area contributed by atoms with Crippen molar-refractivity contribution in [3.05, 3.63) is 24.0 Å². The lowest BCUT2D eigenvalue weighted by molar-refractivity contribution is 0.476. The number of aromatic hydroxyl groups is 1. The van der Waals surface area contributed by atoms with Crippen LogP contribution >= 0.6 is 11.8 Å². The Bertz CT molecular complexity index is 517. The molecule has 1 fully saturated rings. The Balaban J connectivity index is 1.80. The summed E-state index contributed by atoms with van der Waals surface area (Å²) >= 11 is 2.05. The number of nitrogens with one attached hydrogen (secondary N) is 1. The van der Waals surface area contributed by atoms with E-state index in [-0.39, 0.29) is 0 Å². The lowest BCUT2D eigenvalue weighted by atomic mass is 9.99. The number of hydrogen-bond acceptors (Lipinski definition) is 3. The monoisotopic (exact) mass is 248 g/mol. The molecule has 0 aliphatic carbocycles. The van der Waals surface area contributed by atoms with Crippen molar-refractivity contribution < 1.29 is 5.11 Å². The molecule has 2 aromatic rings. The van der Waals surface area contributed by atoms with Crippen LogP contribution in [0.1, 0.15) is 18.7 Å². The molecule has 0 spiro atoms. The van der Waals surface area contributed by atoms with E-state index in [0.29, 0.717) is 5.75 Å². The fourth-order valence-corrected chi connectivity index (χ4v) is 3.58. The number of phenols is 1. The fourth-order valence-electron chi connectivity index (χ4n) is 2.37. The Morgan fingerprint density at radius 3 is 3.00 bits per heavy atom. The van der Waals surface area contributed by atoms with E-state index in [1.54, 1.807) is 12.1 Å². The molecule has 0 amide bonds. The van der Waals surface area contributed by atoms with Crippen molar-refractivity contribution >= 4 is 22.8 Å². The summed E-state index contributed by atoms with van der Waals surface area (Å²) in [5, 5.41) is 9.41. The molecule has 0 atom stereocenters. The van der Waals surface area contributed by atoms with E-state index >= 15 is 0 Å². The number of aromatic amines is 1. The molecule has 1 aliphatic heterocycles. The van der Waals surface area contributed by atoms with Crippen LogP contribution < -0.4 is 0 Å². The molecule has 2 heterocycles. The maximum absolute atomic E-state index is 9.41. The Morgan fingerprint density at radius 2 is 2.18 bits per heavy atom. The minimum atomic E-state index is 0.293. The maximum Gasteiger partial charge on any atom is 0.117 e. The first-order valence-corrected chi connectivity index (χ1v) is 7.22. The number of nitrogens with zero attached hydrogens (tertiary/aromatic N) is 1. The molecule has 1 aliphatic rings. The first-order chi connectivity index (χ1) is 8.31. The van der Waals surface area contributed by atoms with Crippen LogP contribution in [0.4, 0.5) is 0 Å². The summed E-state index contributed by atoms with van der Waals surface area (Å²) in [5.74, 6) is 4.69. The van der Waals surface area contributed by atoms with Gasteiger partial charge in [-0.15, -0.1) is 0 Å². The van der Waals surface area contributed by atoms with Gasteiger partial charge in [0.05, 0.1) is 11.0 Å². The molecule has 3 rings (SSSR count). The average molecular weight is 248 g/mol. The van der Waals surface area contributed by atoms with Crippen molar-refractivity contribution in [1.82, 2.24) is 9.97 Å². The topological polar surface area (TPSA) is 48.9 Å². The van der Waals surface area contributed by atoms with Crippen molar-refractivity contribution in [2.45, 2.75) is 19.3 Å². The molecule has 1 aromatic heterocycles. The van der Waals surface area contributed by atoms with Crippen molar-refractivity contribution in [3.63, 3.8) is 0 Å². The minimum absolute atomic E-state index is 0.293. The van der Waals surface area contributed by atoms with Gasteiger partial charge in [0.15, 0.2) is 0 Å².